The van der Waals surface area contributed by atoms with Crippen LogP contribution in [0.25, 0.3) is 27.7 Å². The number of nitrogens with one attached hydrogen (secondary N) is 4. The van der Waals surface area contributed by atoms with Crippen molar-refractivity contribution in [2.45, 2.75) is 12.6 Å². The summed E-state index contributed by atoms with van der Waals surface area (Å²) >= 11 is 6.38. The quantitative estimate of drug-likeness (QED) is 0.362. The Hall–Kier alpha value is -3.24. The number of aromatic nitrogens is 4. The molecule has 154 valence electrons. The van der Waals surface area contributed by atoms with Crippen LogP contribution in [-0.2, 0) is 4.79 Å². The van der Waals surface area contributed by atoms with Gasteiger partial charge < -0.3 is 15.1 Å². The van der Waals surface area contributed by atoms with Gasteiger partial charge in [-0.3, -0.25) is 9.89 Å². The van der Waals surface area contributed by atoms with Crippen molar-refractivity contribution in [3.8, 4) is 11.1 Å². The second-order valence-electron chi connectivity index (χ2n) is 7.07. The first kappa shape index (κ1) is 18.8. The molecule has 0 bridgehead atoms. The van der Waals surface area contributed by atoms with Gasteiger partial charge in [-0.2, -0.15) is 5.10 Å². The molecular weight excluding hydrogens is 416 g/mol. The summed E-state index contributed by atoms with van der Waals surface area (Å²) < 4.78 is 29.7. The molecule has 1 aliphatic rings. The van der Waals surface area contributed by atoms with Crippen LogP contribution in [0.1, 0.15) is 6.42 Å². The summed E-state index contributed by atoms with van der Waals surface area (Å²) in [6.45, 7) is 0. The van der Waals surface area contributed by atoms with E-state index in [1.165, 1.54) is 0 Å². The molecule has 1 aliphatic carbocycles. The Morgan fingerprint density at radius 1 is 1.37 bits per heavy atom. The first-order valence-corrected chi connectivity index (χ1v) is 9.56. The number of H-pyrrole nitrogens is 1. The van der Waals surface area contributed by atoms with Crippen molar-refractivity contribution >= 4 is 45.6 Å². The van der Waals surface area contributed by atoms with Crippen LogP contribution in [0.5, 0.6) is 0 Å². The van der Waals surface area contributed by atoms with E-state index >= 15 is 0 Å². The van der Waals surface area contributed by atoms with E-state index in [-0.39, 0.29) is 23.0 Å². The Morgan fingerprint density at radius 3 is 2.90 bits per heavy atom. The van der Waals surface area contributed by atoms with Crippen LogP contribution < -0.4 is 16.2 Å². The van der Waals surface area contributed by atoms with Crippen molar-refractivity contribution in [2.24, 2.45) is 5.92 Å². The number of aromatic amines is 1. The third-order valence-corrected chi connectivity index (χ3v) is 5.44. The van der Waals surface area contributed by atoms with Crippen molar-refractivity contribution in [2.75, 3.05) is 17.8 Å². The summed E-state index contributed by atoms with van der Waals surface area (Å²) in [5.74, 6) is -1.30. The molecule has 4 aromatic rings. The molecule has 5 rings (SSSR count). The number of amides is 1. The monoisotopic (exact) mass is 431 g/mol. The van der Waals surface area contributed by atoms with Crippen molar-refractivity contribution in [1.29, 1.82) is 0 Å². The number of rotatable bonds is 5. The van der Waals surface area contributed by atoms with Gasteiger partial charge in [0.05, 0.1) is 28.9 Å². The van der Waals surface area contributed by atoms with Crippen molar-refractivity contribution in [3.05, 3.63) is 41.6 Å². The van der Waals surface area contributed by atoms with Gasteiger partial charge in [0.15, 0.2) is 11.6 Å². The van der Waals surface area contributed by atoms with Gasteiger partial charge in [-0.05, 0) is 18.6 Å². The Kier molecular flexibility index (Phi) is 4.33. The molecule has 8 nitrogen and oxygen atoms in total. The largest absolute Gasteiger partial charge is 0.317 e. The van der Waals surface area contributed by atoms with Gasteiger partial charge in [0.25, 0.3) is 0 Å². The molecule has 1 amide bonds. The van der Waals surface area contributed by atoms with Crippen molar-refractivity contribution in [1.82, 2.24) is 25.0 Å². The van der Waals surface area contributed by atoms with Crippen LogP contribution in [0.15, 0.2) is 30.7 Å². The van der Waals surface area contributed by atoms with E-state index in [0.29, 0.717) is 33.5 Å². The number of hydrogen-bond acceptors (Lipinski definition) is 5. The molecule has 0 spiro atoms. The number of imidazole rings is 1. The third kappa shape index (κ3) is 2.96. The molecular formula is C19H16ClF2N7O. The Morgan fingerprint density at radius 2 is 2.17 bits per heavy atom. The molecule has 1 fully saturated rings. The number of fused-ring (bicyclic) bond motifs is 2. The zero-order valence-electron chi connectivity index (χ0n) is 15.6. The molecule has 30 heavy (non-hydrogen) atoms. The number of pyridine rings is 1. The van der Waals surface area contributed by atoms with Crippen molar-refractivity contribution in [3.63, 3.8) is 0 Å². The summed E-state index contributed by atoms with van der Waals surface area (Å²) in [4.78, 5) is 16.3. The summed E-state index contributed by atoms with van der Waals surface area (Å²) in [6, 6.07) is 3.48. The lowest BCUT2D eigenvalue weighted by molar-refractivity contribution is -0.117. The minimum absolute atomic E-state index is 0.0580. The van der Waals surface area contributed by atoms with Crippen molar-refractivity contribution < 1.29 is 13.6 Å². The number of anilines is 2. The number of hydrogen-bond donors (Lipinski definition) is 4. The van der Waals surface area contributed by atoms with E-state index in [9.17, 15) is 13.6 Å². The minimum Gasteiger partial charge on any atom is -0.317 e. The zero-order chi connectivity index (χ0) is 21.0. The normalized spacial score (nSPS) is 18.1. The standard InChI is InChI=1S/C19H16ClF2N7O/c1-23-27-18-16(22)15(20)14(10-5-24-28-17(10)18)8-2-3-13-25-12(7-29(13)6-8)26-19(30)9-4-11(9)21/h2-3,5-7,9,11,23,27H,4H2,1H3,(H,24,28)(H,26,30)/t9-,11+/m1/s1. The van der Waals surface area contributed by atoms with Crippen LogP contribution in [0.4, 0.5) is 20.3 Å². The highest BCUT2D eigenvalue weighted by Gasteiger charge is 2.43. The number of alkyl halides is 1. The number of carbonyl (C=O) groups excluding carboxylic acids is 1. The van der Waals surface area contributed by atoms with Gasteiger partial charge in [-0.15, -0.1) is 0 Å². The average molecular weight is 432 g/mol. The molecule has 1 aromatic carbocycles. The van der Waals surface area contributed by atoms with E-state index in [0.717, 1.165) is 0 Å². The predicted molar refractivity (Wildman–Crippen MR) is 110 cm³/mol. The maximum absolute atomic E-state index is 14.9. The van der Waals surface area contributed by atoms with Gasteiger partial charge in [-0.1, -0.05) is 11.6 Å². The van der Waals surface area contributed by atoms with E-state index in [4.69, 9.17) is 11.6 Å². The second kappa shape index (κ2) is 6.92. The van der Waals surface area contributed by atoms with Crippen LogP contribution >= 0.6 is 11.6 Å². The van der Waals surface area contributed by atoms with Gasteiger partial charge >= 0.3 is 0 Å². The topological polar surface area (TPSA) is 99.1 Å². The fraction of sp³-hybridized carbons (Fsp3) is 0.211. The number of nitrogens with zero attached hydrogens (tertiary/aromatic N) is 3. The SMILES string of the molecule is CNNc1c(F)c(Cl)c(-c2ccc3nc(NC(=O)[C@@H]4C[C@@H]4F)cn3c2)c2cn[nH]c12. The van der Waals surface area contributed by atoms with Crippen LogP contribution in [0.3, 0.4) is 0 Å². The summed E-state index contributed by atoms with van der Waals surface area (Å²) in [5, 5.41) is 10.0. The molecule has 11 heteroatoms. The smallest absolute Gasteiger partial charge is 0.231 e. The lowest BCUT2D eigenvalue weighted by atomic mass is 10.0. The molecule has 0 aliphatic heterocycles. The Balaban J connectivity index is 1.57. The number of benzene rings is 1. The predicted octanol–water partition coefficient (Wildman–Crippen LogP) is 3.51. The highest BCUT2D eigenvalue weighted by atomic mass is 35.5. The lowest BCUT2D eigenvalue weighted by Gasteiger charge is -2.13. The van der Waals surface area contributed by atoms with E-state index in [2.05, 4.69) is 31.3 Å². The highest BCUT2D eigenvalue weighted by molar-refractivity contribution is 6.36. The fourth-order valence-electron chi connectivity index (χ4n) is 3.49. The second-order valence-corrected chi connectivity index (χ2v) is 7.45. The molecule has 0 saturated heterocycles. The summed E-state index contributed by atoms with van der Waals surface area (Å²) in [5.41, 5.74) is 7.71. The first-order chi connectivity index (χ1) is 14.5. The zero-order valence-corrected chi connectivity index (χ0v) is 16.4. The van der Waals surface area contributed by atoms with Crippen LogP contribution in [-0.4, -0.2) is 38.7 Å². The van der Waals surface area contributed by atoms with E-state index < -0.39 is 17.9 Å². The molecule has 3 aromatic heterocycles. The molecule has 4 N–H and O–H groups in total. The van der Waals surface area contributed by atoms with Gasteiger partial charge in [0, 0.05) is 29.8 Å². The van der Waals surface area contributed by atoms with Crippen LogP contribution in [0, 0.1) is 11.7 Å². The lowest BCUT2D eigenvalue weighted by Crippen LogP contribution is -2.16. The molecule has 0 radical (unpaired) electrons. The van der Waals surface area contributed by atoms with E-state index in [1.54, 1.807) is 42.2 Å². The third-order valence-electron chi connectivity index (χ3n) is 5.08. The highest BCUT2D eigenvalue weighted by Crippen LogP contribution is 2.41. The van der Waals surface area contributed by atoms with Crippen LogP contribution in [0.2, 0.25) is 5.02 Å². The molecule has 2 atom stereocenters. The van der Waals surface area contributed by atoms with Gasteiger partial charge in [0.2, 0.25) is 5.91 Å². The average Bonchev–Trinajstić information content (AvgIpc) is 3.11. The minimum atomic E-state index is -1.08. The summed E-state index contributed by atoms with van der Waals surface area (Å²) in [7, 11) is 1.61. The molecule has 1 saturated carbocycles. The van der Waals surface area contributed by atoms with Gasteiger partial charge in [-0.25, -0.2) is 19.2 Å². The Bertz CT molecular complexity index is 1300. The fourth-order valence-corrected chi connectivity index (χ4v) is 3.80. The number of carbonyl (C=O) groups is 1. The summed E-state index contributed by atoms with van der Waals surface area (Å²) in [6.07, 6.45) is 4.07. The maximum Gasteiger partial charge on any atom is 0.231 e. The number of hydrazine groups is 1. The number of halogens is 3. The first-order valence-electron chi connectivity index (χ1n) is 9.18. The maximum atomic E-state index is 14.9. The molecule has 0 unspecified atom stereocenters. The van der Waals surface area contributed by atoms with Gasteiger partial charge in [0.1, 0.15) is 17.5 Å². The molecule has 3 heterocycles. The van der Waals surface area contributed by atoms with E-state index in [1.807, 2.05) is 0 Å². The Labute approximate surface area is 173 Å².